The molecule has 0 aliphatic carbocycles. The Kier molecular flexibility index (Phi) is 8.84. The van der Waals surface area contributed by atoms with Gasteiger partial charge in [-0.05, 0) is 72.8 Å². The molecule has 0 saturated carbocycles. The second kappa shape index (κ2) is 11.8. The Hall–Kier alpha value is -3.43. The first kappa shape index (κ1) is 26.2. The Morgan fingerprint density at radius 1 is 0.686 bits per heavy atom. The third-order valence-corrected chi connectivity index (χ3v) is 6.78. The van der Waals surface area contributed by atoms with Crippen LogP contribution in [-0.2, 0) is 10.1 Å². The summed E-state index contributed by atoms with van der Waals surface area (Å²) in [4.78, 5) is 24.6. The minimum atomic E-state index is -4.46. The number of benzene rings is 4. The van der Waals surface area contributed by atoms with Gasteiger partial charge in [-0.2, -0.15) is 8.42 Å². The van der Waals surface area contributed by atoms with E-state index in [9.17, 15) is 18.0 Å². The Balaban J connectivity index is 0.000000225. The van der Waals surface area contributed by atoms with Gasteiger partial charge in [-0.25, -0.2) is 4.79 Å². The molecule has 0 aliphatic rings. The molecule has 0 atom stereocenters. The van der Waals surface area contributed by atoms with Crippen LogP contribution < -0.4 is 0 Å². The van der Waals surface area contributed by atoms with Gasteiger partial charge in [-0.15, -0.1) is 0 Å². The largest absolute Gasteiger partial charge is 0.478 e. The van der Waals surface area contributed by atoms with Crippen molar-refractivity contribution in [1.29, 1.82) is 0 Å². The van der Waals surface area contributed by atoms with Crippen LogP contribution >= 0.6 is 23.4 Å². The van der Waals surface area contributed by atoms with Crippen LogP contribution in [0.3, 0.4) is 0 Å². The zero-order valence-electron chi connectivity index (χ0n) is 18.0. The average Bonchev–Trinajstić information content (AvgIpc) is 2.85. The van der Waals surface area contributed by atoms with Crippen LogP contribution in [-0.4, -0.2) is 29.8 Å². The van der Waals surface area contributed by atoms with E-state index in [1.165, 1.54) is 17.0 Å². The molecule has 4 rings (SSSR count). The van der Waals surface area contributed by atoms with Crippen molar-refractivity contribution >= 4 is 45.2 Å². The molecule has 6 nitrogen and oxygen atoms in total. The fourth-order valence-corrected chi connectivity index (χ4v) is 4.58. The van der Waals surface area contributed by atoms with Gasteiger partial charge in [0.15, 0.2) is 5.78 Å². The fourth-order valence-electron chi connectivity index (χ4n) is 2.94. The standard InChI is InChI=1S/C19H13ClOS.C7H6O5S/c20-16-10-6-14(7-11-16)19(21)15-8-12-18(13-9-15)22-17-4-2-1-3-5-17;8-7(9)5-3-1-2-4-6(5)13(10,11)12/h1-13H;1-4H,(H,8,9)(H,10,11,12). The molecule has 0 radical (unpaired) electrons. The number of rotatable bonds is 6. The average molecular weight is 527 g/mol. The molecule has 0 aromatic heterocycles. The molecule has 0 spiro atoms. The molecule has 0 aliphatic heterocycles. The molecule has 0 unspecified atom stereocenters. The number of carboxylic acids is 1. The smallest absolute Gasteiger partial charge is 0.337 e. The van der Waals surface area contributed by atoms with E-state index < -0.39 is 26.5 Å². The summed E-state index contributed by atoms with van der Waals surface area (Å²) in [5, 5.41) is 9.18. The Labute approximate surface area is 212 Å². The molecular formula is C26H19ClO6S2. The summed E-state index contributed by atoms with van der Waals surface area (Å²) < 4.78 is 29.9. The van der Waals surface area contributed by atoms with Crippen LogP contribution in [0.2, 0.25) is 5.02 Å². The molecule has 4 aromatic carbocycles. The lowest BCUT2D eigenvalue weighted by molar-refractivity contribution is 0.0692. The first-order chi connectivity index (χ1) is 16.6. The molecule has 0 bridgehead atoms. The zero-order chi connectivity index (χ0) is 25.4. The second-order valence-corrected chi connectivity index (χ2v) is 10.0. The van der Waals surface area contributed by atoms with Crippen molar-refractivity contribution in [2.75, 3.05) is 0 Å². The normalized spacial score (nSPS) is 10.7. The molecule has 9 heteroatoms. The third kappa shape index (κ3) is 7.53. The lowest BCUT2D eigenvalue weighted by Gasteiger charge is -2.04. The molecule has 178 valence electrons. The number of ketones is 1. The maximum atomic E-state index is 12.4. The fraction of sp³-hybridized carbons (Fsp3) is 0. The van der Waals surface area contributed by atoms with Crippen molar-refractivity contribution in [2.24, 2.45) is 0 Å². The van der Waals surface area contributed by atoms with Gasteiger partial charge < -0.3 is 5.11 Å². The van der Waals surface area contributed by atoms with Crippen molar-refractivity contribution in [3.05, 3.63) is 125 Å². The van der Waals surface area contributed by atoms with E-state index in [1.807, 2.05) is 42.5 Å². The van der Waals surface area contributed by atoms with Crippen molar-refractivity contribution in [3.8, 4) is 0 Å². The summed E-state index contributed by atoms with van der Waals surface area (Å²) in [6.45, 7) is 0. The molecule has 35 heavy (non-hydrogen) atoms. The molecule has 0 amide bonds. The van der Waals surface area contributed by atoms with Crippen molar-refractivity contribution < 1.29 is 27.7 Å². The van der Waals surface area contributed by atoms with E-state index in [0.29, 0.717) is 16.1 Å². The molecule has 0 saturated heterocycles. The number of aromatic carboxylic acids is 1. The van der Waals surface area contributed by atoms with Gasteiger partial charge in [0.1, 0.15) is 4.90 Å². The second-order valence-electron chi connectivity index (χ2n) is 7.05. The van der Waals surface area contributed by atoms with Gasteiger partial charge in [0.25, 0.3) is 10.1 Å². The van der Waals surface area contributed by atoms with Crippen molar-refractivity contribution in [3.63, 3.8) is 0 Å². The van der Waals surface area contributed by atoms with E-state index in [-0.39, 0.29) is 5.78 Å². The number of carbonyl (C=O) groups is 2. The highest BCUT2D eigenvalue weighted by molar-refractivity contribution is 7.99. The van der Waals surface area contributed by atoms with Gasteiger partial charge in [-0.1, -0.05) is 53.7 Å². The first-order valence-electron chi connectivity index (χ1n) is 10.1. The topological polar surface area (TPSA) is 109 Å². The van der Waals surface area contributed by atoms with Gasteiger partial charge >= 0.3 is 5.97 Å². The van der Waals surface area contributed by atoms with Crippen LogP contribution in [0.15, 0.2) is 118 Å². The van der Waals surface area contributed by atoms with E-state index in [0.717, 1.165) is 17.0 Å². The summed E-state index contributed by atoms with van der Waals surface area (Å²) in [5.41, 5.74) is 0.887. The Morgan fingerprint density at radius 3 is 1.69 bits per heavy atom. The van der Waals surface area contributed by atoms with Crippen LogP contribution in [0, 0.1) is 0 Å². The summed E-state index contributed by atoms with van der Waals surface area (Å²) in [6, 6.07) is 29.6. The van der Waals surface area contributed by atoms with E-state index in [1.54, 1.807) is 36.0 Å². The Bertz CT molecular complexity index is 1420. The van der Waals surface area contributed by atoms with Crippen LogP contribution in [0.5, 0.6) is 0 Å². The number of hydrogen-bond acceptors (Lipinski definition) is 5. The molecule has 0 fully saturated rings. The first-order valence-corrected chi connectivity index (χ1v) is 12.7. The van der Waals surface area contributed by atoms with Crippen LogP contribution in [0.1, 0.15) is 26.3 Å². The minimum absolute atomic E-state index is 0.00734. The highest BCUT2D eigenvalue weighted by Crippen LogP contribution is 2.27. The van der Waals surface area contributed by atoms with Gasteiger partial charge in [0.05, 0.1) is 5.56 Å². The predicted molar refractivity (Wildman–Crippen MR) is 135 cm³/mol. The predicted octanol–water partition coefficient (Wildman–Crippen LogP) is 6.35. The maximum absolute atomic E-state index is 12.4. The summed E-state index contributed by atoms with van der Waals surface area (Å²) in [7, 11) is -4.46. The SMILES string of the molecule is O=C(O)c1ccccc1S(=O)(=O)O.O=C(c1ccc(Cl)cc1)c1ccc(Sc2ccccc2)cc1. The lowest BCUT2D eigenvalue weighted by atomic mass is 10.0. The Morgan fingerprint density at radius 2 is 1.17 bits per heavy atom. The number of halogens is 1. The number of carbonyl (C=O) groups excluding carboxylic acids is 1. The summed E-state index contributed by atoms with van der Waals surface area (Å²) in [5.74, 6) is -1.39. The van der Waals surface area contributed by atoms with Gasteiger partial charge in [0.2, 0.25) is 0 Å². The van der Waals surface area contributed by atoms with Gasteiger partial charge in [0, 0.05) is 25.9 Å². The van der Waals surface area contributed by atoms with Crippen LogP contribution in [0.4, 0.5) is 0 Å². The number of hydrogen-bond donors (Lipinski definition) is 2. The maximum Gasteiger partial charge on any atom is 0.337 e. The zero-order valence-corrected chi connectivity index (χ0v) is 20.4. The minimum Gasteiger partial charge on any atom is -0.478 e. The monoisotopic (exact) mass is 526 g/mol. The molecular weight excluding hydrogens is 508 g/mol. The molecule has 4 aromatic rings. The summed E-state index contributed by atoms with van der Waals surface area (Å²) >= 11 is 7.52. The quantitative estimate of drug-likeness (QED) is 0.222. The molecule has 2 N–H and O–H groups in total. The molecule has 0 heterocycles. The van der Waals surface area contributed by atoms with Crippen molar-refractivity contribution in [1.82, 2.24) is 0 Å². The third-order valence-electron chi connectivity index (χ3n) is 4.60. The number of carboxylic acid groups (broad SMARTS) is 1. The van der Waals surface area contributed by atoms with E-state index in [4.69, 9.17) is 21.3 Å². The van der Waals surface area contributed by atoms with Crippen molar-refractivity contribution in [2.45, 2.75) is 14.7 Å². The highest BCUT2D eigenvalue weighted by atomic mass is 35.5. The summed E-state index contributed by atoms with van der Waals surface area (Å²) in [6.07, 6.45) is 0. The lowest BCUT2D eigenvalue weighted by Crippen LogP contribution is -2.07. The van der Waals surface area contributed by atoms with E-state index in [2.05, 4.69) is 12.1 Å². The van der Waals surface area contributed by atoms with E-state index >= 15 is 0 Å². The van der Waals surface area contributed by atoms with Crippen LogP contribution in [0.25, 0.3) is 0 Å². The highest BCUT2D eigenvalue weighted by Gasteiger charge is 2.18. The van der Waals surface area contributed by atoms with Gasteiger partial charge in [-0.3, -0.25) is 9.35 Å².